The highest BCUT2D eigenvalue weighted by atomic mass is 16.5. The molecule has 7 heteroatoms. The fourth-order valence-electron chi connectivity index (χ4n) is 2.79. The van der Waals surface area contributed by atoms with Crippen LogP contribution in [0.15, 0.2) is 47.1 Å². The van der Waals surface area contributed by atoms with E-state index < -0.39 is 0 Å². The molecule has 3 rings (SSSR count). The average Bonchev–Trinajstić information content (AvgIpc) is 3.18. The van der Waals surface area contributed by atoms with Crippen LogP contribution in [-0.2, 0) is 11.3 Å². The average molecular weight is 343 g/mol. The van der Waals surface area contributed by atoms with Crippen LogP contribution in [0, 0.1) is 0 Å². The van der Waals surface area contributed by atoms with Gasteiger partial charge in [0.2, 0.25) is 0 Å². The van der Waals surface area contributed by atoms with Gasteiger partial charge in [-0.1, -0.05) is 18.2 Å². The molecule has 3 amide bonds. The maximum absolute atomic E-state index is 12.5. The van der Waals surface area contributed by atoms with Crippen LogP contribution in [0.1, 0.15) is 16.1 Å². The summed E-state index contributed by atoms with van der Waals surface area (Å²) in [6.45, 7) is 2.34. The number of urea groups is 1. The van der Waals surface area contributed by atoms with Gasteiger partial charge in [0.1, 0.15) is 0 Å². The lowest BCUT2D eigenvalue weighted by molar-refractivity contribution is 0.0640. The van der Waals surface area contributed by atoms with Crippen molar-refractivity contribution in [1.82, 2.24) is 9.80 Å². The maximum Gasteiger partial charge on any atom is 0.321 e. The molecule has 2 heterocycles. The first kappa shape index (κ1) is 17.0. The quantitative estimate of drug-likeness (QED) is 0.925. The smallest absolute Gasteiger partial charge is 0.321 e. The first-order valence-electron chi connectivity index (χ1n) is 8.14. The van der Waals surface area contributed by atoms with Crippen molar-refractivity contribution < 1.29 is 18.7 Å². The number of benzene rings is 1. The normalized spacial score (nSPS) is 14.4. The number of hydrogen-bond acceptors (Lipinski definition) is 4. The molecule has 2 aromatic rings. The Morgan fingerprint density at radius 1 is 1.08 bits per heavy atom. The first-order valence-corrected chi connectivity index (χ1v) is 8.14. The van der Waals surface area contributed by atoms with Gasteiger partial charge in [-0.3, -0.25) is 4.79 Å². The summed E-state index contributed by atoms with van der Waals surface area (Å²) >= 11 is 0. The second kappa shape index (κ2) is 7.85. The zero-order valence-electron chi connectivity index (χ0n) is 14.1. The Labute approximate surface area is 146 Å². The predicted molar refractivity (Wildman–Crippen MR) is 92.4 cm³/mol. The van der Waals surface area contributed by atoms with E-state index in [1.54, 1.807) is 29.0 Å². The molecule has 7 nitrogen and oxygen atoms in total. The van der Waals surface area contributed by atoms with Crippen molar-refractivity contribution in [3.05, 3.63) is 54.0 Å². The summed E-state index contributed by atoms with van der Waals surface area (Å²) in [4.78, 5) is 28.1. The Hall–Kier alpha value is -2.80. The number of carbonyl (C=O) groups excluding carboxylic acids is 2. The van der Waals surface area contributed by atoms with Gasteiger partial charge in [0, 0.05) is 44.5 Å². The molecular weight excluding hydrogens is 322 g/mol. The Balaban J connectivity index is 1.56. The minimum absolute atomic E-state index is 0.143. The van der Waals surface area contributed by atoms with Crippen molar-refractivity contribution in [2.45, 2.75) is 6.61 Å². The maximum atomic E-state index is 12.5. The van der Waals surface area contributed by atoms with Gasteiger partial charge in [-0.25, -0.2) is 4.79 Å². The molecule has 0 bridgehead atoms. The van der Waals surface area contributed by atoms with E-state index in [0.29, 0.717) is 38.5 Å². The summed E-state index contributed by atoms with van der Waals surface area (Å²) in [5.41, 5.74) is 1.66. The van der Waals surface area contributed by atoms with E-state index in [4.69, 9.17) is 9.15 Å². The van der Waals surface area contributed by atoms with Gasteiger partial charge in [-0.05, 0) is 18.2 Å². The van der Waals surface area contributed by atoms with Crippen LogP contribution < -0.4 is 5.32 Å². The second-order valence-corrected chi connectivity index (χ2v) is 5.78. The monoisotopic (exact) mass is 343 g/mol. The molecule has 0 atom stereocenters. The number of nitrogens with one attached hydrogen (secondary N) is 1. The van der Waals surface area contributed by atoms with E-state index in [2.05, 4.69) is 5.32 Å². The van der Waals surface area contributed by atoms with Gasteiger partial charge in [0.05, 0.1) is 12.9 Å². The number of anilines is 1. The molecular formula is C18H21N3O4. The van der Waals surface area contributed by atoms with Crippen LogP contribution in [0.4, 0.5) is 10.5 Å². The fourth-order valence-corrected chi connectivity index (χ4v) is 2.79. The molecule has 0 radical (unpaired) electrons. The number of ether oxygens (including phenoxy) is 1. The molecule has 1 aromatic heterocycles. The Kier molecular flexibility index (Phi) is 5.35. The number of furan rings is 1. The van der Waals surface area contributed by atoms with Gasteiger partial charge >= 0.3 is 6.03 Å². The largest absolute Gasteiger partial charge is 0.459 e. The highest BCUT2D eigenvalue weighted by Gasteiger charge is 2.26. The topological polar surface area (TPSA) is 75.0 Å². The molecule has 0 unspecified atom stereocenters. The van der Waals surface area contributed by atoms with E-state index in [1.165, 1.54) is 6.26 Å². The number of para-hydroxylation sites is 1. The van der Waals surface area contributed by atoms with Crippen LogP contribution in [0.3, 0.4) is 0 Å². The zero-order chi connectivity index (χ0) is 17.6. The molecule has 1 saturated heterocycles. The second-order valence-electron chi connectivity index (χ2n) is 5.78. The van der Waals surface area contributed by atoms with Crippen LogP contribution in [0.2, 0.25) is 0 Å². The summed E-state index contributed by atoms with van der Waals surface area (Å²) in [5.74, 6) is 0.182. The molecule has 0 saturated carbocycles. The molecule has 1 aliphatic heterocycles. The van der Waals surface area contributed by atoms with Crippen molar-refractivity contribution in [1.29, 1.82) is 0 Å². The summed E-state index contributed by atoms with van der Waals surface area (Å²) in [7, 11) is 1.62. The summed E-state index contributed by atoms with van der Waals surface area (Å²) in [6, 6.07) is 10.7. The molecule has 1 aliphatic rings. The number of hydrogen-bond donors (Lipinski definition) is 1. The van der Waals surface area contributed by atoms with Crippen LogP contribution in [-0.4, -0.2) is 55.0 Å². The van der Waals surface area contributed by atoms with Crippen LogP contribution in [0.25, 0.3) is 0 Å². The molecule has 25 heavy (non-hydrogen) atoms. The number of carbonyl (C=O) groups is 2. The highest BCUT2D eigenvalue weighted by molar-refractivity contribution is 5.92. The van der Waals surface area contributed by atoms with E-state index in [1.807, 2.05) is 24.3 Å². The molecule has 0 aliphatic carbocycles. The number of amides is 3. The van der Waals surface area contributed by atoms with Crippen molar-refractivity contribution in [2.24, 2.45) is 0 Å². The van der Waals surface area contributed by atoms with Gasteiger partial charge in [0.15, 0.2) is 5.76 Å². The summed E-state index contributed by atoms with van der Waals surface area (Å²) in [5, 5.41) is 2.92. The van der Waals surface area contributed by atoms with Crippen LogP contribution >= 0.6 is 0 Å². The summed E-state index contributed by atoms with van der Waals surface area (Å²) < 4.78 is 10.3. The number of piperazine rings is 1. The van der Waals surface area contributed by atoms with Crippen LogP contribution in [0.5, 0.6) is 0 Å². The van der Waals surface area contributed by atoms with E-state index in [0.717, 1.165) is 11.3 Å². The molecule has 1 aromatic carbocycles. The minimum Gasteiger partial charge on any atom is -0.459 e. The lowest BCUT2D eigenvalue weighted by Crippen LogP contribution is -2.51. The van der Waals surface area contributed by atoms with Crippen molar-refractivity contribution in [2.75, 3.05) is 38.6 Å². The Bertz CT molecular complexity index is 722. The van der Waals surface area contributed by atoms with E-state index >= 15 is 0 Å². The minimum atomic E-state index is -0.173. The van der Waals surface area contributed by atoms with Gasteiger partial charge in [0.25, 0.3) is 5.91 Å². The zero-order valence-corrected chi connectivity index (χ0v) is 14.1. The van der Waals surface area contributed by atoms with E-state index in [-0.39, 0.29) is 11.9 Å². The fraction of sp³-hybridized carbons (Fsp3) is 0.333. The van der Waals surface area contributed by atoms with Gasteiger partial charge in [-0.15, -0.1) is 0 Å². The molecule has 0 spiro atoms. The third-order valence-corrected chi connectivity index (χ3v) is 4.14. The van der Waals surface area contributed by atoms with Crippen molar-refractivity contribution in [3.8, 4) is 0 Å². The third kappa shape index (κ3) is 4.00. The summed E-state index contributed by atoms with van der Waals surface area (Å²) in [6.07, 6.45) is 1.48. The van der Waals surface area contributed by atoms with Crippen molar-refractivity contribution >= 4 is 17.6 Å². The number of methoxy groups -OCH3 is 1. The highest BCUT2D eigenvalue weighted by Crippen LogP contribution is 2.17. The third-order valence-electron chi connectivity index (χ3n) is 4.14. The molecule has 1 N–H and O–H groups in total. The lowest BCUT2D eigenvalue weighted by Gasteiger charge is -2.34. The number of rotatable bonds is 4. The predicted octanol–water partition coefficient (Wildman–Crippen LogP) is 2.42. The molecule has 1 fully saturated rings. The first-order chi connectivity index (χ1) is 12.2. The number of nitrogens with zero attached hydrogens (tertiary/aromatic N) is 2. The lowest BCUT2D eigenvalue weighted by atomic mass is 10.2. The van der Waals surface area contributed by atoms with E-state index in [9.17, 15) is 9.59 Å². The Morgan fingerprint density at radius 3 is 2.48 bits per heavy atom. The van der Waals surface area contributed by atoms with Crippen molar-refractivity contribution in [3.63, 3.8) is 0 Å². The standard InChI is InChI=1S/C18H21N3O4/c1-24-13-14-5-2-3-6-15(14)19-18(23)21-10-8-20(9-11-21)17(22)16-7-4-12-25-16/h2-7,12H,8-11,13H2,1H3,(H,19,23). The van der Waals surface area contributed by atoms with Gasteiger partial charge in [-0.2, -0.15) is 0 Å². The Morgan fingerprint density at radius 2 is 1.80 bits per heavy atom. The molecule has 132 valence electrons. The van der Waals surface area contributed by atoms with Gasteiger partial charge < -0.3 is 24.3 Å². The SMILES string of the molecule is COCc1ccccc1NC(=O)N1CCN(C(=O)c2ccco2)CC1.